The summed E-state index contributed by atoms with van der Waals surface area (Å²) >= 11 is 3.13. The summed E-state index contributed by atoms with van der Waals surface area (Å²) in [5.74, 6) is -1.65. The van der Waals surface area contributed by atoms with Gasteiger partial charge in [-0.25, -0.2) is 4.39 Å². The molecule has 0 aliphatic heterocycles. The van der Waals surface area contributed by atoms with Crippen molar-refractivity contribution in [3.63, 3.8) is 0 Å². The van der Waals surface area contributed by atoms with Crippen LogP contribution in [0.25, 0.3) is 0 Å². The summed E-state index contributed by atoms with van der Waals surface area (Å²) in [4.78, 5) is 23.8. The lowest BCUT2D eigenvalue weighted by atomic mass is 10.1. The zero-order valence-corrected chi connectivity index (χ0v) is 14.8. The van der Waals surface area contributed by atoms with Crippen LogP contribution in [0.2, 0.25) is 0 Å². The Hall–Kier alpha value is -1.49. The molecule has 0 aliphatic rings. The number of nitrogens with one attached hydrogen (secondary N) is 2. The molecule has 0 spiro atoms. The minimum absolute atomic E-state index is 0.0589. The molecule has 0 radical (unpaired) electrons. The van der Waals surface area contributed by atoms with Gasteiger partial charge in [-0.05, 0) is 46.5 Å². The fraction of sp³-hybridized carbons (Fsp3) is 0.429. The standard InChI is InChI=1S/C14H19BBrFN2O5/c1-8(2)5-13(24-15(22)23)19-12(20)7-18-14(21)10-6-9(17)3-4-11(10)16/h3-4,6,8,13,22-23H,5,7H2,1-2H3,(H,18,21)(H,19,20). The van der Waals surface area contributed by atoms with E-state index >= 15 is 0 Å². The third kappa shape index (κ3) is 7.39. The van der Waals surface area contributed by atoms with E-state index < -0.39 is 31.2 Å². The van der Waals surface area contributed by atoms with Crippen molar-refractivity contribution in [2.24, 2.45) is 5.92 Å². The second-order valence-corrected chi connectivity index (χ2v) is 6.31. The Kier molecular flexibility index (Phi) is 8.33. The van der Waals surface area contributed by atoms with Crippen LogP contribution in [-0.4, -0.2) is 42.0 Å². The maximum Gasteiger partial charge on any atom is 0.635 e. The van der Waals surface area contributed by atoms with Gasteiger partial charge in [0.1, 0.15) is 12.0 Å². The van der Waals surface area contributed by atoms with E-state index in [9.17, 15) is 14.0 Å². The zero-order chi connectivity index (χ0) is 18.3. The Morgan fingerprint density at radius 1 is 1.38 bits per heavy atom. The lowest BCUT2D eigenvalue weighted by Gasteiger charge is -2.21. The molecule has 0 fully saturated rings. The number of amides is 2. The summed E-state index contributed by atoms with van der Waals surface area (Å²) in [5, 5.41) is 22.5. The molecule has 24 heavy (non-hydrogen) atoms. The molecule has 10 heteroatoms. The lowest BCUT2D eigenvalue weighted by Crippen LogP contribution is -2.45. The van der Waals surface area contributed by atoms with Crippen LogP contribution in [0.15, 0.2) is 22.7 Å². The van der Waals surface area contributed by atoms with Crippen molar-refractivity contribution in [3.05, 3.63) is 34.1 Å². The number of hydrogen-bond acceptors (Lipinski definition) is 5. The lowest BCUT2D eigenvalue weighted by molar-refractivity contribution is -0.123. The van der Waals surface area contributed by atoms with Gasteiger partial charge in [-0.2, -0.15) is 0 Å². The van der Waals surface area contributed by atoms with Crippen LogP contribution in [0.3, 0.4) is 0 Å². The third-order valence-corrected chi connectivity index (χ3v) is 3.57. The minimum Gasteiger partial charge on any atom is -0.402 e. The van der Waals surface area contributed by atoms with Gasteiger partial charge < -0.3 is 25.3 Å². The number of carbonyl (C=O) groups excluding carboxylic acids is 2. The van der Waals surface area contributed by atoms with Crippen LogP contribution in [-0.2, 0) is 9.45 Å². The third-order valence-electron chi connectivity index (χ3n) is 2.88. The first kappa shape index (κ1) is 20.6. The van der Waals surface area contributed by atoms with Crippen LogP contribution in [0, 0.1) is 11.7 Å². The molecule has 4 N–H and O–H groups in total. The molecule has 0 saturated heterocycles. The molecule has 1 atom stereocenters. The maximum absolute atomic E-state index is 13.2. The molecule has 2 amide bonds. The molecule has 0 bridgehead atoms. The molecule has 0 saturated carbocycles. The largest absolute Gasteiger partial charge is 0.635 e. The molecule has 0 aliphatic carbocycles. The number of halogens is 2. The second kappa shape index (κ2) is 9.72. The number of benzene rings is 1. The van der Waals surface area contributed by atoms with Crippen LogP contribution in [0.1, 0.15) is 30.6 Å². The van der Waals surface area contributed by atoms with Gasteiger partial charge in [-0.3, -0.25) is 9.59 Å². The maximum atomic E-state index is 13.2. The van der Waals surface area contributed by atoms with Crippen molar-refractivity contribution in [3.8, 4) is 0 Å². The number of rotatable bonds is 8. The highest BCUT2D eigenvalue weighted by molar-refractivity contribution is 9.10. The Balaban J connectivity index is 2.57. The summed E-state index contributed by atoms with van der Waals surface area (Å²) in [6.45, 7) is 3.37. The van der Waals surface area contributed by atoms with Crippen LogP contribution < -0.4 is 10.6 Å². The Morgan fingerprint density at radius 2 is 2.04 bits per heavy atom. The minimum atomic E-state index is -2.02. The predicted octanol–water partition coefficient (Wildman–Crippen LogP) is 0.792. The van der Waals surface area contributed by atoms with Crippen LogP contribution in [0.4, 0.5) is 4.39 Å². The molecular formula is C14H19BBrFN2O5. The SMILES string of the molecule is CC(C)CC(NC(=O)CNC(=O)c1cc(F)ccc1Br)OB(O)O. The fourth-order valence-corrected chi connectivity index (χ4v) is 2.31. The summed E-state index contributed by atoms with van der Waals surface area (Å²) in [6.07, 6.45) is -0.553. The van der Waals surface area contributed by atoms with Crippen LogP contribution >= 0.6 is 15.9 Å². The van der Waals surface area contributed by atoms with Gasteiger partial charge in [-0.1, -0.05) is 13.8 Å². The summed E-state index contributed by atoms with van der Waals surface area (Å²) < 4.78 is 18.3. The van der Waals surface area contributed by atoms with E-state index in [4.69, 9.17) is 14.7 Å². The highest BCUT2D eigenvalue weighted by atomic mass is 79.9. The van der Waals surface area contributed by atoms with Gasteiger partial charge in [0.2, 0.25) is 5.91 Å². The topological polar surface area (TPSA) is 108 Å². The average molecular weight is 405 g/mol. The smallest absolute Gasteiger partial charge is 0.402 e. The molecule has 1 aromatic carbocycles. The van der Waals surface area contributed by atoms with Crippen molar-refractivity contribution < 1.29 is 28.7 Å². The second-order valence-electron chi connectivity index (χ2n) is 5.45. The van der Waals surface area contributed by atoms with Gasteiger partial charge in [0.05, 0.1) is 12.1 Å². The molecule has 1 unspecified atom stereocenters. The van der Waals surface area contributed by atoms with Gasteiger partial charge in [0.25, 0.3) is 5.91 Å². The van der Waals surface area contributed by atoms with Gasteiger partial charge >= 0.3 is 7.32 Å². The average Bonchev–Trinajstić information content (AvgIpc) is 2.45. The first-order valence-corrected chi connectivity index (χ1v) is 8.02. The molecule has 0 heterocycles. The number of carbonyl (C=O) groups is 2. The first-order chi connectivity index (χ1) is 11.2. The summed E-state index contributed by atoms with van der Waals surface area (Å²) in [6, 6.07) is 3.63. The highest BCUT2D eigenvalue weighted by Crippen LogP contribution is 2.17. The van der Waals surface area contributed by atoms with E-state index in [-0.39, 0.29) is 18.0 Å². The van der Waals surface area contributed by atoms with Gasteiger partial charge in [0, 0.05) is 4.47 Å². The molecule has 132 valence electrons. The van der Waals surface area contributed by atoms with E-state index in [1.807, 2.05) is 13.8 Å². The predicted molar refractivity (Wildman–Crippen MR) is 89.1 cm³/mol. The van der Waals surface area contributed by atoms with Crippen LogP contribution in [0.5, 0.6) is 0 Å². The summed E-state index contributed by atoms with van der Waals surface area (Å²) in [7, 11) is -2.02. The van der Waals surface area contributed by atoms with E-state index in [1.165, 1.54) is 12.1 Å². The molecular weight excluding hydrogens is 386 g/mol. The summed E-state index contributed by atoms with van der Waals surface area (Å²) in [5.41, 5.74) is 0.0589. The molecule has 1 rings (SSSR count). The van der Waals surface area contributed by atoms with Crippen molar-refractivity contribution in [2.75, 3.05) is 6.54 Å². The zero-order valence-electron chi connectivity index (χ0n) is 13.3. The van der Waals surface area contributed by atoms with E-state index in [1.54, 1.807) is 0 Å². The van der Waals surface area contributed by atoms with Gasteiger partial charge in [-0.15, -0.1) is 0 Å². The number of hydrogen-bond donors (Lipinski definition) is 4. The molecule has 1 aromatic rings. The molecule has 7 nitrogen and oxygen atoms in total. The van der Waals surface area contributed by atoms with E-state index in [0.29, 0.717) is 10.9 Å². The van der Waals surface area contributed by atoms with Crippen molar-refractivity contribution in [1.29, 1.82) is 0 Å². The van der Waals surface area contributed by atoms with Crippen molar-refractivity contribution >= 4 is 35.1 Å². The highest BCUT2D eigenvalue weighted by Gasteiger charge is 2.21. The molecule has 0 aromatic heterocycles. The Bertz CT molecular complexity index is 578. The van der Waals surface area contributed by atoms with Gasteiger partial charge in [0.15, 0.2) is 0 Å². The van der Waals surface area contributed by atoms with Crippen molar-refractivity contribution in [2.45, 2.75) is 26.5 Å². The van der Waals surface area contributed by atoms with Crippen molar-refractivity contribution in [1.82, 2.24) is 10.6 Å². The fourth-order valence-electron chi connectivity index (χ4n) is 1.88. The monoisotopic (exact) mass is 404 g/mol. The normalized spacial score (nSPS) is 12.0. The first-order valence-electron chi connectivity index (χ1n) is 7.23. The Labute approximate surface area is 147 Å². The quantitative estimate of drug-likeness (QED) is 0.378. The van der Waals surface area contributed by atoms with E-state index in [0.717, 1.165) is 6.07 Å². The van der Waals surface area contributed by atoms with E-state index in [2.05, 4.69) is 26.6 Å². The Morgan fingerprint density at radius 3 is 2.62 bits per heavy atom.